The van der Waals surface area contributed by atoms with Crippen molar-refractivity contribution in [2.24, 2.45) is 11.7 Å². The van der Waals surface area contributed by atoms with Crippen molar-refractivity contribution in [2.75, 3.05) is 0 Å². The highest BCUT2D eigenvalue weighted by Crippen LogP contribution is 2.04. The topological polar surface area (TPSA) is 110 Å². The van der Waals surface area contributed by atoms with Crippen LogP contribution in [0.25, 0.3) is 0 Å². The largest absolute Gasteiger partial charge is 0.290 e. The van der Waals surface area contributed by atoms with Crippen molar-refractivity contribution >= 4 is 11.8 Å². The zero-order chi connectivity index (χ0) is 14.8. The molecule has 0 heterocycles. The van der Waals surface area contributed by atoms with Crippen molar-refractivity contribution in [3.63, 3.8) is 0 Å². The lowest BCUT2D eigenvalue weighted by molar-refractivity contribution is 0.0953. The minimum absolute atomic E-state index is 0.300. The van der Waals surface area contributed by atoms with Gasteiger partial charge in [-0.1, -0.05) is 42.5 Å². The molecule has 6 heteroatoms. The zero-order valence-electron chi connectivity index (χ0n) is 10.7. The first-order valence-electron chi connectivity index (χ1n) is 5.81. The van der Waals surface area contributed by atoms with Gasteiger partial charge in [0.2, 0.25) is 0 Å². The first-order chi connectivity index (χ1) is 9.69. The molecule has 6 nitrogen and oxygen atoms in total. The van der Waals surface area contributed by atoms with Crippen LogP contribution >= 0.6 is 0 Å². The van der Waals surface area contributed by atoms with E-state index in [1.807, 2.05) is 47.2 Å². The molecule has 0 aromatic heterocycles. The Balaban J connectivity index is 0.000000276. The second-order valence-corrected chi connectivity index (χ2v) is 3.68. The lowest BCUT2D eigenvalue weighted by Crippen LogP contribution is -2.32. The molecule has 2 rings (SSSR count). The van der Waals surface area contributed by atoms with Crippen LogP contribution in [0.4, 0.5) is 0 Å². The van der Waals surface area contributed by atoms with Crippen LogP contribution in [0.5, 0.6) is 0 Å². The molecule has 0 fully saturated rings. The minimum atomic E-state index is -0.461. The molecule has 0 aliphatic heterocycles. The lowest BCUT2D eigenvalue weighted by atomic mass is 10.1. The second-order valence-electron chi connectivity index (χ2n) is 3.68. The van der Waals surface area contributed by atoms with Crippen LogP contribution in [0.1, 0.15) is 20.7 Å². The van der Waals surface area contributed by atoms with Gasteiger partial charge in [-0.2, -0.15) is 0 Å². The molecule has 0 saturated heterocycles. The number of hydrazine groups is 2. The second kappa shape index (κ2) is 8.41. The van der Waals surface area contributed by atoms with Crippen molar-refractivity contribution < 1.29 is 9.59 Å². The van der Waals surface area contributed by atoms with Crippen LogP contribution < -0.4 is 22.5 Å². The van der Waals surface area contributed by atoms with E-state index in [1.165, 1.54) is 18.2 Å². The predicted octanol–water partition coefficient (Wildman–Crippen LogP) is 0.580. The molecule has 0 atom stereocenters. The fourth-order valence-corrected chi connectivity index (χ4v) is 1.35. The maximum Gasteiger partial charge on any atom is 0.265 e. The highest BCUT2D eigenvalue weighted by molar-refractivity contribution is 5.99. The van der Waals surface area contributed by atoms with Gasteiger partial charge in [-0.05, 0) is 18.2 Å². The van der Waals surface area contributed by atoms with Crippen LogP contribution in [0.15, 0.2) is 60.7 Å². The molecule has 6 N–H and O–H groups in total. The van der Waals surface area contributed by atoms with Crippen LogP contribution in [0.3, 0.4) is 0 Å². The average Bonchev–Trinajstić information content (AvgIpc) is 2.55. The molecule has 0 unspecified atom stereocenters. The molecular weight excluding hydrogens is 256 g/mol. The van der Waals surface area contributed by atoms with E-state index >= 15 is 0 Å². The van der Waals surface area contributed by atoms with Gasteiger partial charge < -0.3 is 0 Å². The summed E-state index contributed by atoms with van der Waals surface area (Å²) in [6, 6.07) is 18.0. The van der Waals surface area contributed by atoms with Crippen molar-refractivity contribution in [3.8, 4) is 0 Å². The SMILES string of the molecule is NNC(=O)c1cccc(C(=O)NN)c1.c1ccccc1. The number of benzene rings is 2. The Labute approximate surface area is 116 Å². The third-order valence-corrected chi connectivity index (χ3v) is 2.32. The lowest BCUT2D eigenvalue weighted by Gasteiger charge is -2.02. The first-order valence-corrected chi connectivity index (χ1v) is 5.81. The summed E-state index contributed by atoms with van der Waals surface area (Å²) in [6.07, 6.45) is 0. The number of hydrogen-bond acceptors (Lipinski definition) is 4. The van der Waals surface area contributed by atoms with E-state index in [0.717, 1.165) is 0 Å². The zero-order valence-corrected chi connectivity index (χ0v) is 10.7. The van der Waals surface area contributed by atoms with Gasteiger partial charge in [0, 0.05) is 11.1 Å². The molecule has 0 radical (unpaired) electrons. The Morgan fingerprint density at radius 3 is 1.35 bits per heavy atom. The highest BCUT2D eigenvalue weighted by Gasteiger charge is 2.07. The number of rotatable bonds is 2. The van der Waals surface area contributed by atoms with Gasteiger partial charge in [0.05, 0.1) is 0 Å². The highest BCUT2D eigenvalue weighted by atomic mass is 16.2. The monoisotopic (exact) mass is 272 g/mol. The summed E-state index contributed by atoms with van der Waals surface area (Å²) in [6.45, 7) is 0. The van der Waals surface area contributed by atoms with E-state index in [4.69, 9.17) is 11.7 Å². The van der Waals surface area contributed by atoms with E-state index < -0.39 is 11.8 Å². The minimum Gasteiger partial charge on any atom is -0.290 e. The maximum absolute atomic E-state index is 11.1. The molecule has 2 amide bonds. The third kappa shape index (κ3) is 4.89. The predicted molar refractivity (Wildman–Crippen MR) is 76.2 cm³/mol. The Morgan fingerprint density at radius 2 is 1.05 bits per heavy atom. The first kappa shape index (κ1) is 15.4. The quantitative estimate of drug-likeness (QED) is 0.364. The number of carbonyl (C=O) groups is 2. The van der Waals surface area contributed by atoms with Crippen molar-refractivity contribution in [3.05, 3.63) is 71.8 Å². The van der Waals surface area contributed by atoms with Gasteiger partial charge >= 0.3 is 0 Å². The van der Waals surface area contributed by atoms with Crippen LogP contribution in [-0.2, 0) is 0 Å². The van der Waals surface area contributed by atoms with Gasteiger partial charge in [0.1, 0.15) is 0 Å². The summed E-state index contributed by atoms with van der Waals surface area (Å²) in [5, 5.41) is 0. The summed E-state index contributed by atoms with van der Waals surface area (Å²) in [7, 11) is 0. The molecule has 104 valence electrons. The van der Waals surface area contributed by atoms with E-state index in [0.29, 0.717) is 11.1 Å². The molecule has 0 spiro atoms. The van der Waals surface area contributed by atoms with Gasteiger partial charge in [-0.15, -0.1) is 0 Å². The van der Waals surface area contributed by atoms with Crippen molar-refractivity contribution in [1.82, 2.24) is 10.9 Å². The number of nitrogens with two attached hydrogens (primary N) is 2. The van der Waals surface area contributed by atoms with Gasteiger partial charge in [0.15, 0.2) is 0 Å². The number of carbonyl (C=O) groups excluding carboxylic acids is 2. The summed E-state index contributed by atoms with van der Waals surface area (Å²) in [5.74, 6) is 8.95. The van der Waals surface area contributed by atoms with Crippen molar-refractivity contribution in [1.29, 1.82) is 0 Å². The average molecular weight is 272 g/mol. The molecule has 0 saturated carbocycles. The van der Waals surface area contributed by atoms with Crippen molar-refractivity contribution in [2.45, 2.75) is 0 Å². The standard InChI is InChI=1S/C8H10N4O2.C6H6/c9-11-7(13)5-2-1-3-6(4-5)8(14)12-10;1-2-4-6-5-3-1/h1-4H,9-10H2,(H,11,13)(H,12,14);1-6H. The van der Waals surface area contributed by atoms with Gasteiger partial charge in [0.25, 0.3) is 11.8 Å². The van der Waals surface area contributed by atoms with Crippen LogP contribution in [-0.4, -0.2) is 11.8 Å². The number of nitrogens with one attached hydrogen (secondary N) is 2. The van der Waals surface area contributed by atoms with Crippen LogP contribution in [0, 0.1) is 0 Å². The fraction of sp³-hybridized carbons (Fsp3) is 0. The van der Waals surface area contributed by atoms with Gasteiger partial charge in [-0.25, -0.2) is 11.7 Å². The molecule has 2 aromatic rings. The summed E-state index contributed by atoms with van der Waals surface area (Å²) >= 11 is 0. The van der Waals surface area contributed by atoms with E-state index in [-0.39, 0.29) is 0 Å². The summed E-state index contributed by atoms with van der Waals surface area (Å²) in [5.41, 5.74) is 4.53. The Bertz CT molecular complexity index is 500. The molecule has 0 bridgehead atoms. The number of hydrogen-bond donors (Lipinski definition) is 4. The fourth-order valence-electron chi connectivity index (χ4n) is 1.35. The molecule has 0 aliphatic rings. The maximum atomic E-state index is 11.1. The van der Waals surface area contributed by atoms with E-state index in [9.17, 15) is 9.59 Å². The van der Waals surface area contributed by atoms with E-state index in [2.05, 4.69) is 0 Å². The Hall–Kier alpha value is -2.70. The smallest absolute Gasteiger partial charge is 0.265 e. The summed E-state index contributed by atoms with van der Waals surface area (Å²) in [4.78, 5) is 22.2. The molecule has 2 aromatic carbocycles. The Morgan fingerprint density at radius 1 is 0.700 bits per heavy atom. The van der Waals surface area contributed by atoms with E-state index in [1.54, 1.807) is 6.07 Å². The van der Waals surface area contributed by atoms with Crippen LogP contribution in [0.2, 0.25) is 0 Å². The third-order valence-electron chi connectivity index (χ3n) is 2.32. The molecular formula is C14H16N4O2. The number of nitrogen functional groups attached to an aromatic ring is 2. The normalized spacial score (nSPS) is 8.90. The number of amides is 2. The summed E-state index contributed by atoms with van der Waals surface area (Å²) < 4.78 is 0. The molecule has 0 aliphatic carbocycles. The van der Waals surface area contributed by atoms with Gasteiger partial charge in [-0.3, -0.25) is 20.4 Å². The molecule has 20 heavy (non-hydrogen) atoms. The Kier molecular flexibility index (Phi) is 6.46.